The minimum absolute atomic E-state index is 0.261. The van der Waals surface area contributed by atoms with Crippen LogP contribution >= 0.6 is 0 Å². The van der Waals surface area contributed by atoms with Crippen molar-refractivity contribution in [2.75, 3.05) is 6.54 Å². The Balaban J connectivity index is 2.17. The van der Waals surface area contributed by atoms with Crippen LogP contribution in [0.4, 0.5) is 0 Å². The van der Waals surface area contributed by atoms with Crippen molar-refractivity contribution < 1.29 is 4.84 Å². The highest BCUT2D eigenvalue weighted by atomic mass is 16.6. The van der Waals surface area contributed by atoms with Gasteiger partial charge in [0.15, 0.2) is 0 Å². The molecule has 0 spiro atoms. The molecule has 0 saturated carbocycles. The predicted octanol–water partition coefficient (Wildman–Crippen LogP) is 2.75. The van der Waals surface area contributed by atoms with E-state index < -0.39 is 0 Å². The van der Waals surface area contributed by atoms with E-state index in [1.54, 1.807) is 0 Å². The van der Waals surface area contributed by atoms with Gasteiger partial charge in [0.1, 0.15) is 0 Å². The normalized spacial score (nSPS) is 11.6. The van der Waals surface area contributed by atoms with Gasteiger partial charge in [-0.15, -0.1) is 0 Å². The van der Waals surface area contributed by atoms with Crippen LogP contribution in [0.15, 0.2) is 30.3 Å². The van der Waals surface area contributed by atoms with Crippen molar-refractivity contribution in [2.24, 2.45) is 5.41 Å². The molecule has 14 heavy (non-hydrogen) atoms. The zero-order chi connectivity index (χ0) is 10.4. The summed E-state index contributed by atoms with van der Waals surface area (Å²) in [6.07, 6.45) is 0. The largest absolute Gasteiger partial charge is 0.297 e. The van der Waals surface area contributed by atoms with Crippen LogP contribution in [0.1, 0.15) is 26.3 Å². The van der Waals surface area contributed by atoms with Crippen LogP contribution in [-0.2, 0) is 11.4 Å². The van der Waals surface area contributed by atoms with E-state index in [-0.39, 0.29) is 5.41 Å². The minimum atomic E-state index is 0.261. The molecule has 2 nitrogen and oxygen atoms in total. The SMILES string of the molecule is CC(C)(C)CNOCc1ccccc1. The number of hydrogen-bond acceptors (Lipinski definition) is 2. The number of benzene rings is 1. The fourth-order valence-electron chi connectivity index (χ4n) is 0.976. The third-order valence-electron chi connectivity index (χ3n) is 1.79. The molecule has 2 heteroatoms. The summed E-state index contributed by atoms with van der Waals surface area (Å²) in [5.74, 6) is 0. The molecule has 1 rings (SSSR count). The van der Waals surface area contributed by atoms with Gasteiger partial charge in [-0.25, -0.2) is 5.48 Å². The maximum absolute atomic E-state index is 5.35. The van der Waals surface area contributed by atoms with Crippen molar-refractivity contribution >= 4 is 0 Å². The number of nitrogens with one attached hydrogen (secondary N) is 1. The molecule has 0 aromatic heterocycles. The molecule has 0 unspecified atom stereocenters. The Morgan fingerprint density at radius 1 is 1.14 bits per heavy atom. The average molecular weight is 193 g/mol. The first kappa shape index (κ1) is 11.2. The summed E-state index contributed by atoms with van der Waals surface area (Å²) < 4.78 is 0. The van der Waals surface area contributed by atoms with Crippen LogP contribution in [0.3, 0.4) is 0 Å². The lowest BCUT2D eigenvalue weighted by Crippen LogP contribution is -2.26. The highest BCUT2D eigenvalue weighted by molar-refractivity contribution is 5.13. The third kappa shape index (κ3) is 5.00. The van der Waals surface area contributed by atoms with Gasteiger partial charge in [0.25, 0.3) is 0 Å². The molecule has 78 valence electrons. The van der Waals surface area contributed by atoms with Crippen LogP contribution in [0.2, 0.25) is 0 Å². The van der Waals surface area contributed by atoms with E-state index in [4.69, 9.17) is 4.84 Å². The minimum Gasteiger partial charge on any atom is -0.297 e. The lowest BCUT2D eigenvalue weighted by Gasteiger charge is -2.18. The van der Waals surface area contributed by atoms with E-state index in [1.807, 2.05) is 18.2 Å². The number of hydrogen-bond donors (Lipinski definition) is 1. The maximum Gasteiger partial charge on any atom is 0.0933 e. The van der Waals surface area contributed by atoms with Gasteiger partial charge in [-0.3, -0.25) is 4.84 Å². The van der Waals surface area contributed by atoms with E-state index in [0.29, 0.717) is 6.61 Å². The Hall–Kier alpha value is -0.860. The van der Waals surface area contributed by atoms with Crippen molar-refractivity contribution in [3.8, 4) is 0 Å². The van der Waals surface area contributed by atoms with E-state index in [0.717, 1.165) is 6.54 Å². The summed E-state index contributed by atoms with van der Waals surface area (Å²) in [6.45, 7) is 8.00. The summed E-state index contributed by atoms with van der Waals surface area (Å²) in [6, 6.07) is 10.1. The predicted molar refractivity (Wildman–Crippen MR) is 58.7 cm³/mol. The maximum atomic E-state index is 5.35. The second-order valence-electron chi connectivity index (χ2n) is 4.66. The van der Waals surface area contributed by atoms with Gasteiger partial charge < -0.3 is 0 Å². The zero-order valence-electron chi connectivity index (χ0n) is 9.21. The first-order valence-corrected chi connectivity index (χ1v) is 4.96. The fraction of sp³-hybridized carbons (Fsp3) is 0.500. The summed E-state index contributed by atoms with van der Waals surface area (Å²) in [5, 5.41) is 0. The molecule has 0 atom stereocenters. The molecule has 0 heterocycles. The highest BCUT2D eigenvalue weighted by Crippen LogP contribution is 2.10. The monoisotopic (exact) mass is 193 g/mol. The van der Waals surface area contributed by atoms with Gasteiger partial charge in [0, 0.05) is 6.54 Å². The summed E-state index contributed by atoms with van der Waals surface area (Å²) in [5.41, 5.74) is 4.42. The van der Waals surface area contributed by atoms with Crippen LogP contribution in [0.25, 0.3) is 0 Å². The third-order valence-corrected chi connectivity index (χ3v) is 1.79. The molecule has 1 aromatic rings. The second-order valence-corrected chi connectivity index (χ2v) is 4.66. The summed E-state index contributed by atoms with van der Waals surface area (Å²) in [7, 11) is 0. The number of hydroxylamine groups is 1. The fourth-order valence-corrected chi connectivity index (χ4v) is 0.976. The first-order valence-electron chi connectivity index (χ1n) is 4.96. The Labute approximate surface area is 86.2 Å². The standard InChI is InChI=1S/C12H19NO/c1-12(2,3)10-13-14-9-11-7-5-4-6-8-11/h4-8,13H,9-10H2,1-3H3. The molecule has 0 aliphatic heterocycles. The summed E-state index contributed by atoms with van der Waals surface area (Å²) >= 11 is 0. The van der Waals surface area contributed by atoms with Gasteiger partial charge in [0.2, 0.25) is 0 Å². The lowest BCUT2D eigenvalue weighted by molar-refractivity contribution is 0.0117. The van der Waals surface area contributed by atoms with Gasteiger partial charge in [-0.05, 0) is 11.0 Å². The Morgan fingerprint density at radius 3 is 2.36 bits per heavy atom. The van der Waals surface area contributed by atoms with E-state index in [9.17, 15) is 0 Å². The van der Waals surface area contributed by atoms with Crippen molar-refractivity contribution in [3.63, 3.8) is 0 Å². The van der Waals surface area contributed by atoms with Gasteiger partial charge >= 0.3 is 0 Å². The van der Waals surface area contributed by atoms with E-state index in [1.165, 1.54) is 5.56 Å². The molecule has 0 fully saturated rings. The Bertz CT molecular complexity index is 251. The summed E-state index contributed by atoms with van der Waals surface area (Å²) in [4.78, 5) is 5.35. The molecule has 1 aromatic carbocycles. The second kappa shape index (κ2) is 5.13. The van der Waals surface area contributed by atoms with Crippen molar-refractivity contribution in [2.45, 2.75) is 27.4 Å². The molecule has 1 N–H and O–H groups in total. The lowest BCUT2D eigenvalue weighted by atomic mass is 9.98. The van der Waals surface area contributed by atoms with Gasteiger partial charge in [0.05, 0.1) is 6.61 Å². The van der Waals surface area contributed by atoms with Crippen molar-refractivity contribution in [1.29, 1.82) is 0 Å². The molecule has 0 amide bonds. The van der Waals surface area contributed by atoms with E-state index >= 15 is 0 Å². The molecule has 0 aliphatic carbocycles. The number of rotatable bonds is 4. The molecule has 0 bridgehead atoms. The van der Waals surface area contributed by atoms with Crippen LogP contribution in [0.5, 0.6) is 0 Å². The molecule has 0 saturated heterocycles. The van der Waals surface area contributed by atoms with Gasteiger partial charge in [-0.1, -0.05) is 51.1 Å². The molecule has 0 aliphatic rings. The average Bonchev–Trinajstić information content (AvgIpc) is 2.13. The molecule has 0 radical (unpaired) electrons. The quantitative estimate of drug-likeness (QED) is 0.586. The van der Waals surface area contributed by atoms with E-state index in [2.05, 4.69) is 38.4 Å². The van der Waals surface area contributed by atoms with Crippen molar-refractivity contribution in [1.82, 2.24) is 5.48 Å². The smallest absolute Gasteiger partial charge is 0.0933 e. The molecular formula is C12H19NO. The molecular weight excluding hydrogens is 174 g/mol. The van der Waals surface area contributed by atoms with Crippen molar-refractivity contribution in [3.05, 3.63) is 35.9 Å². The van der Waals surface area contributed by atoms with Crippen LogP contribution < -0.4 is 5.48 Å². The Kier molecular flexibility index (Phi) is 4.11. The zero-order valence-corrected chi connectivity index (χ0v) is 9.21. The topological polar surface area (TPSA) is 21.3 Å². The highest BCUT2D eigenvalue weighted by Gasteiger charge is 2.08. The van der Waals surface area contributed by atoms with Crippen LogP contribution in [-0.4, -0.2) is 6.54 Å². The first-order chi connectivity index (χ1) is 6.58. The van der Waals surface area contributed by atoms with Crippen LogP contribution in [0, 0.1) is 5.41 Å². The van der Waals surface area contributed by atoms with Gasteiger partial charge in [-0.2, -0.15) is 0 Å². The Morgan fingerprint density at radius 2 is 1.79 bits per heavy atom.